The fourth-order valence-electron chi connectivity index (χ4n) is 1.78. The van der Waals surface area contributed by atoms with Crippen molar-refractivity contribution in [1.82, 2.24) is 0 Å². The number of carboxylic acid groups (broad SMARTS) is 1. The van der Waals surface area contributed by atoms with Crippen LogP contribution in [0.3, 0.4) is 0 Å². The smallest absolute Gasteiger partial charge is 0.331 e. The van der Waals surface area contributed by atoms with Crippen LogP contribution in [-0.2, 0) is 9.36 Å². The summed E-state index contributed by atoms with van der Waals surface area (Å²) in [5.74, 6) is -0.375. The molecule has 1 rings (SSSR count). The van der Waals surface area contributed by atoms with Crippen molar-refractivity contribution in [2.75, 3.05) is 12.3 Å². The summed E-state index contributed by atoms with van der Waals surface area (Å²) < 4.78 is 11.9. The summed E-state index contributed by atoms with van der Waals surface area (Å²) in [4.78, 5) is 20.7. The number of allylic oxidation sites excluding steroid dienone is 1. The number of hydrogen-bond donors (Lipinski definition) is 2. The van der Waals surface area contributed by atoms with Gasteiger partial charge in [0.05, 0.1) is 6.16 Å². The predicted molar refractivity (Wildman–Crippen MR) is 67.5 cm³/mol. The first-order valence-electron chi connectivity index (χ1n) is 6.03. The molecule has 5 heteroatoms. The van der Waals surface area contributed by atoms with Gasteiger partial charge in [-0.05, 0) is 31.1 Å². The van der Waals surface area contributed by atoms with Crippen molar-refractivity contribution in [3.63, 3.8) is 0 Å². The average Bonchev–Trinajstić information content (AvgIpc) is 2.92. The molecule has 0 bridgehead atoms. The summed E-state index contributed by atoms with van der Waals surface area (Å²) in [5.41, 5.74) is 0.100. The van der Waals surface area contributed by atoms with Gasteiger partial charge in [-0.3, -0.25) is 4.57 Å². The van der Waals surface area contributed by atoms with E-state index in [2.05, 4.69) is 0 Å². The number of hydrogen-bond acceptors (Lipinski definition) is 2. The second kappa shape index (κ2) is 5.83. The molecular weight excluding hydrogens is 239 g/mol. The van der Waals surface area contributed by atoms with Crippen LogP contribution in [0.15, 0.2) is 11.6 Å². The van der Waals surface area contributed by atoms with Gasteiger partial charge in [0.2, 0.25) is 7.37 Å². The Morgan fingerprint density at radius 1 is 1.47 bits per heavy atom. The SMILES string of the molecule is CC(C)CP(=O)(O)CC(=CCC1CC1)C(=O)O. The molecular formula is C12H21O4P. The third-order valence-electron chi connectivity index (χ3n) is 2.74. The molecule has 0 aliphatic heterocycles. The lowest BCUT2D eigenvalue weighted by atomic mass is 10.2. The van der Waals surface area contributed by atoms with Gasteiger partial charge in [0.1, 0.15) is 0 Å². The molecule has 0 aromatic heterocycles. The number of rotatable bonds is 7. The van der Waals surface area contributed by atoms with Gasteiger partial charge in [-0.2, -0.15) is 0 Å². The van der Waals surface area contributed by atoms with Gasteiger partial charge in [0.25, 0.3) is 0 Å². The molecule has 17 heavy (non-hydrogen) atoms. The highest BCUT2D eigenvalue weighted by atomic mass is 31.2. The molecule has 1 fully saturated rings. The molecule has 1 aliphatic carbocycles. The van der Waals surface area contributed by atoms with E-state index in [4.69, 9.17) is 5.11 Å². The predicted octanol–water partition coefficient (Wildman–Crippen LogP) is 2.72. The lowest BCUT2D eigenvalue weighted by Crippen LogP contribution is -2.09. The van der Waals surface area contributed by atoms with E-state index in [1.807, 2.05) is 13.8 Å². The molecule has 1 saturated carbocycles. The molecule has 0 heterocycles. The summed E-state index contributed by atoms with van der Waals surface area (Å²) in [6, 6.07) is 0. The number of carboxylic acids is 1. The Labute approximate surface area is 102 Å². The van der Waals surface area contributed by atoms with E-state index in [1.165, 1.54) is 0 Å². The van der Waals surface area contributed by atoms with E-state index in [0.29, 0.717) is 5.92 Å². The zero-order valence-electron chi connectivity index (χ0n) is 10.4. The van der Waals surface area contributed by atoms with E-state index in [-0.39, 0.29) is 23.8 Å². The van der Waals surface area contributed by atoms with Crippen LogP contribution in [0, 0.1) is 11.8 Å². The maximum Gasteiger partial charge on any atom is 0.331 e. The third kappa shape index (κ3) is 6.04. The number of aliphatic carboxylic acids is 1. The Hall–Kier alpha value is -0.600. The van der Waals surface area contributed by atoms with Crippen LogP contribution in [0.2, 0.25) is 0 Å². The lowest BCUT2D eigenvalue weighted by molar-refractivity contribution is -0.132. The summed E-state index contributed by atoms with van der Waals surface area (Å²) in [6.07, 6.45) is 4.62. The van der Waals surface area contributed by atoms with Gasteiger partial charge >= 0.3 is 5.97 Å². The van der Waals surface area contributed by atoms with Crippen molar-refractivity contribution in [3.05, 3.63) is 11.6 Å². The molecule has 1 unspecified atom stereocenters. The molecule has 2 N–H and O–H groups in total. The van der Waals surface area contributed by atoms with Gasteiger partial charge < -0.3 is 10.00 Å². The van der Waals surface area contributed by atoms with Crippen molar-refractivity contribution in [1.29, 1.82) is 0 Å². The largest absolute Gasteiger partial charge is 0.478 e. The van der Waals surface area contributed by atoms with Crippen molar-refractivity contribution >= 4 is 13.3 Å². The van der Waals surface area contributed by atoms with Crippen molar-refractivity contribution in [2.24, 2.45) is 11.8 Å². The van der Waals surface area contributed by atoms with E-state index < -0.39 is 13.3 Å². The summed E-state index contributed by atoms with van der Waals surface area (Å²) >= 11 is 0. The van der Waals surface area contributed by atoms with Crippen molar-refractivity contribution in [2.45, 2.75) is 33.1 Å². The fraction of sp³-hybridized carbons (Fsp3) is 0.750. The Bertz CT molecular complexity index is 356. The molecule has 0 radical (unpaired) electrons. The lowest BCUT2D eigenvalue weighted by Gasteiger charge is -2.14. The Kier molecular flexibility index (Phi) is 4.96. The molecule has 4 nitrogen and oxygen atoms in total. The molecule has 0 aromatic carbocycles. The third-order valence-corrected chi connectivity index (χ3v) is 4.87. The van der Waals surface area contributed by atoms with Crippen LogP contribution in [0.1, 0.15) is 33.1 Å². The molecule has 0 saturated heterocycles. The van der Waals surface area contributed by atoms with Gasteiger partial charge in [0.15, 0.2) is 0 Å². The first-order valence-corrected chi connectivity index (χ1v) is 8.06. The molecule has 1 aliphatic rings. The second-order valence-corrected chi connectivity index (χ2v) is 7.67. The molecule has 98 valence electrons. The normalized spacial score (nSPS) is 20.4. The van der Waals surface area contributed by atoms with Crippen LogP contribution >= 0.6 is 7.37 Å². The van der Waals surface area contributed by atoms with Crippen LogP contribution in [0.25, 0.3) is 0 Å². The molecule has 0 spiro atoms. The van der Waals surface area contributed by atoms with Crippen LogP contribution in [-0.4, -0.2) is 28.3 Å². The minimum atomic E-state index is -3.35. The Morgan fingerprint density at radius 3 is 2.47 bits per heavy atom. The van der Waals surface area contributed by atoms with Crippen LogP contribution in [0.4, 0.5) is 0 Å². The highest BCUT2D eigenvalue weighted by Gasteiger charge is 2.26. The Morgan fingerprint density at radius 2 is 2.06 bits per heavy atom. The van der Waals surface area contributed by atoms with Crippen LogP contribution in [0.5, 0.6) is 0 Å². The highest BCUT2D eigenvalue weighted by molar-refractivity contribution is 7.58. The number of carbonyl (C=O) groups is 1. The minimum Gasteiger partial charge on any atom is -0.478 e. The minimum absolute atomic E-state index is 0.100. The van der Waals surface area contributed by atoms with Crippen LogP contribution < -0.4 is 0 Å². The van der Waals surface area contributed by atoms with Crippen molar-refractivity contribution < 1.29 is 19.4 Å². The molecule has 0 amide bonds. The van der Waals surface area contributed by atoms with E-state index in [0.717, 1.165) is 19.3 Å². The second-order valence-electron chi connectivity index (χ2n) is 5.29. The van der Waals surface area contributed by atoms with E-state index in [9.17, 15) is 14.3 Å². The maximum atomic E-state index is 11.9. The van der Waals surface area contributed by atoms with Crippen molar-refractivity contribution in [3.8, 4) is 0 Å². The summed E-state index contributed by atoms with van der Waals surface area (Å²) in [7, 11) is -3.35. The van der Waals surface area contributed by atoms with Gasteiger partial charge in [-0.15, -0.1) is 0 Å². The fourth-order valence-corrected chi connectivity index (χ4v) is 3.85. The maximum absolute atomic E-state index is 11.9. The first-order chi connectivity index (χ1) is 7.80. The summed E-state index contributed by atoms with van der Waals surface area (Å²) in [5, 5.41) is 9.00. The molecule has 1 atom stereocenters. The highest BCUT2D eigenvalue weighted by Crippen LogP contribution is 2.44. The Balaban J connectivity index is 2.61. The van der Waals surface area contributed by atoms with Gasteiger partial charge in [-0.25, -0.2) is 4.79 Å². The zero-order chi connectivity index (χ0) is 13.1. The van der Waals surface area contributed by atoms with Gasteiger partial charge in [-0.1, -0.05) is 19.9 Å². The van der Waals surface area contributed by atoms with E-state index >= 15 is 0 Å². The monoisotopic (exact) mass is 260 g/mol. The first kappa shape index (κ1) is 14.5. The topological polar surface area (TPSA) is 74.6 Å². The summed E-state index contributed by atoms with van der Waals surface area (Å²) in [6.45, 7) is 3.72. The molecule has 0 aromatic rings. The average molecular weight is 260 g/mol. The van der Waals surface area contributed by atoms with Gasteiger partial charge in [0, 0.05) is 11.7 Å². The quantitative estimate of drug-likeness (QED) is 0.545. The van der Waals surface area contributed by atoms with E-state index in [1.54, 1.807) is 6.08 Å². The zero-order valence-corrected chi connectivity index (χ0v) is 11.3. The standard InChI is InChI=1S/C12H21O4P/c1-9(2)7-17(15,16)8-11(12(13)14)6-5-10-3-4-10/h6,9-10H,3-5,7-8H2,1-2H3,(H,13,14)(H,15,16).